The Morgan fingerprint density at radius 1 is 1.47 bits per heavy atom. The fourth-order valence-corrected chi connectivity index (χ4v) is 2.62. The molecule has 1 aromatic carbocycles. The van der Waals surface area contributed by atoms with Crippen molar-refractivity contribution in [3.8, 4) is 0 Å². The van der Waals surface area contributed by atoms with Gasteiger partial charge in [0.2, 0.25) is 5.96 Å². The molecule has 1 aromatic rings. The van der Waals surface area contributed by atoms with E-state index in [-0.39, 0.29) is 11.4 Å². The minimum absolute atomic E-state index is 0.146. The molecule has 0 bridgehead atoms. The second-order valence-electron chi connectivity index (χ2n) is 4.51. The lowest BCUT2D eigenvalue weighted by molar-refractivity contribution is 0.624. The summed E-state index contributed by atoms with van der Waals surface area (Å²) in [6.45, 7) is 2.16. The van der Waals surface area contributed by atoms with Crippen LogP contribution in [0.15, 0.2) is 28.1 Å². The summed E-state index contributed by atoms with van der Waals surface area (Å²) < 4.78 is 16.2. The number of nitrogens with one attached hydrogen (secondary N) is 2. The second kappa shape index (κ2) is 3.91. The lowest BCUT2D eigenvalue weighted by Crippen LogP contribution is -2.31. The summed E-state index contributed by atoms with van der Waals surface area (Å²) in [5.74, 6) is 0.570. The molecule has 5 heteroatoms. The number of nitrogens with zero attached hydrogens (tertiary/aromatic N) is 1. The van der Waals surface area contributed by atoms with Crippen LogP contribution in [-0.2, 0) is 0 Å². The first-order valence-corrected chi connectivity index (χ1v) is 6.62. The van der Waals surface area contributed by atoms with E-state index in [2.05, 4.69) is 17.0 Å². The van der Waals surface area contributed by atoms with Crippen LogP contribution in [0.5, 0.6) is 0 Å². The molecule has 0 atom stereocenters. The normalized spacial score (nSPS) is 22.6. The monoisotopic (exact) mass is 251 g/mol. The van der Waals surface area contributed by atoms with Gasteiger partial charge in [0.05, 0.1) is 16.1 Å². The van der Waals surface area contributed by atoms with Crippen molar-refractivity contribution in [1.82, 2.24) is 4.72 Å². The number of aliphatic imine (C=N–C) groups is 1. The molecule has 0 spiro atoms. The average molecular weight is 251 g/mol. The number of guanidine groups is 1. The zero-order valence-electron chi connectivity index (χ0n) is 9.59. The van der Waals surface area contributed by atoms with Crippen LogP contribution in [0.1, 0.15) is 26.2 Å². The molecule has 0 aromatic heterocycles. The van der Waals surface area contributed by atoms with Gasteiger partial charge in [-0.05, 0) is 49.4 Å². The molecule has 90 valence electrons. The standard InChI is InChI=1S/C12H14FN3S/c1-2-12(5-6-12)15-11-14-9-4-3-8(13)7-10(9)17-16-11/h3-4,7H,2,5-6H2,1H3,(H2,14,15,16). The van der Waals surface area contributed by atoms with E-state index in [0.717, 1.165) is 35.8 Å². The Morgan fingerprint density at radius 2 is 2.29 bits per heavy atom. The van der Waals surface area contributed by atoms with Crippen LogP contribution in [0.3, 0.4) is 0 Å². The number of hydrogen-bond acceptors (Lipinski definition) is 2. The summed E-state index contributed by atoms with van der Waals surface area (Å²) in [6.07, 6.45) is 3.40. The highest BCUT2D eigenvalue weighted by Gasteiger charge is 2.41. The third-order valence-corrected chi connectivity index (χ3v) is 4.14. The lowest BCUT2D eigenvalue weighted by atomic mass is 10.2. The van der Waals surface area contributed by atoms with Crippen LogP contribution < -0.4 is 10.0 Å². The summed E-state index contributed by atoms with van der Waals surface area (Å²) >= 11 is 1.41. The Bertz CT molecular complexity index is 483. The predicted molar refractivity (Wildman–Crippen MR) is 68.7 cm³/mol. The molecule has 1 aliphatic heterocycles. The fraction of sp³-hybridized carbons (Fsp3) is 0.417. The van der Waals surface area contributed by atoms with Crippen molar-refractivity contribution in [1.29, 1.82) is 0 Å². The Morgan fingerprint density at radius 3 is 3.00 bits per heavy atom. The maximum atomic E-state index is 13.0. The molecule has 2 aliphatic rings. The Labute approximate surface area is 104 Å². The number of fused-ring (bicyclic) bond motifs is 1. The van der Waals surface area contributed by atoms with Crippen molar-refractivity contribution in [2.45, 2.75) is 36.6 Å². The van der Waals surface area contributed by atoms with E-state index in [1.807, 2.05) is 0 Å². The van der Waals surface area contributed by atoms with Gasteiger partial charge < -0.3 is 5.32 Å². The molecule has 17 heavy (non-hydrogen) atoms. The molecule has 2 N–H and O–H groups in total. The minimum atomic E-state index is -0.215. The Balaban J connectivity index is 1.83. The van der Waals surface area contributed by atoms with Crippen LogP contribution in [-0.4, -0.2) is 11.5 Å². The topological polar surface area (TPSA) is 36.4 Å². The van der Waals surface area contributed by atoms with Crippen LogP contribution >= 0.6 is 11.9 Å². The van der Waals surface area contributed by atoms with Gasteiger partial charge in [0.15, 0.2) is 0 Å². The number of hydrogen-bond donors (Lipinski definition) is 2. The van der Waals surface area contributed by atoms with E-state index < -0.39 is 0 Å². The summed E-state index contributed by atoms with van der Waals surface area (Å²) in [6, 6.07) is 4.73. The molecular weight excluding hydrogens is 237 g/mol. The van der Waals surface area contributed by atoms with Gasteiger partial charge >= 0.3 is 0 Å². The molecule has 1 aliphatic carbocycles. The van der Waals surface area contributed by atoms with Crippen molar-refractivity contribution in [3.63, 3.8) is 0 Å². The Hall–Kier alpha value is -1.23. The molecule has 1 saturated carbocycles. The molecule has 0 radical (unpaired) electrons. The van der Waals surface area contributed by atoms with Crippen molar-refractivity contribution >= 4 is 23.6 Å². The highest BCUT2D eigenvalue weighted by Crippen LogP contribution is 2.43. The molecule has 0 amide bonds. The summed E-state index contributed by atoms with van der Waals surface area (Å²) in [5, 5.41) is 3.21. The summed E-state index contributed by atoms with van der Waals surface area (Å²) in [4.78, 5) is 5.56. The number of anilines is 1. The van der Waals surface area contributed by atoms with Gasteiger partial charge in [0, 0.05) is 0 Å². The highest BCUT2D eigenvalue weighted by atomic mass is 32.2. The highest BCUT2D eigenvalue weighted by molar-refractivity contribution is 7.98. The first-order valence-electron chi connectivity index (χ1n) is 5.80. The van der Waals surface area contributed by atoms with E-state index in [1.165, 1.54) is 24.1 Å². The Kier molecular flexibility index (Phi) is 2.50. The van der Waals surface area contributed by atoms with Crippen molar-refractivity contribution in [2.75, 3.05) is 5.32 Å². The smallest absolute Gasteiger partial charge is 0.206 e. The van der Waals surface area contributed by atoms with Crippen LogP contribution in [0, 0.1) is 5.82 Å². The van der Waals surface area contributed by atoms with Gasteiger partial charge in [-0.1, -0.05) is 6.92 Å². The number of benzene rings is 1. The zero-order valence-corrected chi connectivity index (χ0v) is 10.4. The van der Waals surface area contributed by atoms with Gasteiger partial charge in [0.25, 0.3) is 0 Å². The summed E-state index contributed by atoms with van der Waals surface area (Å²) in [5.41, 5.74) is 1.06. The maximum Gasteiger partial charge on any atom is 0.206 e. The van der Waals surface area contributed by atoms with Crippen LogP contribution in [0.4, 0.5) is 10.1 Å². The van der Waals surface area contributed by atoms with Gasteiger partial charge in [-0.25, -0.2) is 9.38 Å². The van der Waals surface area contributed by atoms with Gasteiger partial charge in [-0.3, -0.25) is 4.72 Å². The van der Waals surface area contributed by atoms with Gasteiger partial charge in [-0.15, -0.1) is 0 Å². The lowest BCUT2D eigenvalue weighted by Gasteiger charge is -2.21. The molecule has 3 rings (SSSR count). The third-order valence-electron chi connectivity index (χ3n) is 3.29. The number of rotatable bonds is 2. The quantitative estimate of drug-likeness (QED) is 0.793. The second-order valence-corrected chi connectivity index (χ2v) is 5.36. The first kappa shape index (κ1) is 10.9. The van der Waals surface area contributed by atoms with E-state index in [1.54, 1.807) is 6.07 Å². The van der Waals surface area contributed by atoms with E-state index in [9.17, 15) is 4.39 Å². The molecule has 1 fully saturated rings. The van der Waals surface area contributed by atoms with E-state index in [0.29, 0.717) is 0 Å². The average Bonchev–Trinajstić information content (AvgIpc) is 3.10. The van der Waals surface area contributed by atoms with Crippen molar-refractivity contribution in [2.24, 2.45) is 4.99 Å². The van der Waals surface area contributed by atoms with E-state index >= 15 is 0 Å². The van der Waals surface area contributed by atoms with Crippen LogP contribution in [0.2, 0.25) is 0 Å². The van der Waals surface area contributed by atoms with Gasteiger partial charge in [-0.2, -0.15) is 0 Å². The van der Waals surface area contributed by atoms with Crippen LogP contribution in [0.25, 0.3) is 0 Å². The third kappa shape index (κ3) is 2.11. The van der Waals surface area contributed by atoms with Crippen molar-refractivity contribution < 1.29 is 4.39 Å². The van der Waals surface area contributed by atoms with E-state index in [4.69, 9.17) is 4.99 Å². The molecule has 3 nitrogen and oxygen atoms in total. The van der Waals surface area contributed by atoms with Crippen molar-refractivity contribution in [3.05, 3.63) is 24.0 Å². The maximum absolute atomic E-state index is 13.0. The molecule has 0 saturated heterocycles. The molecular formula is C12H14FN3S. The zero-order chi connectivity index (χ0) is 11.9. The first-order chi connectivity index (χ1) is 8.21. The molecule has 1 heterocycles. The minimum Gasteiger partial charge on any atom is -0.325 e. The SMILES string of the molecule is CCC1(N=C2NSc3cc(F)ccc3N2)CC1. The molecule has 0 unspecified atom stereocenters. The number of halogens is 1. The fourth-order valence-electron chi connectivity index (χ4n) is 1.92. The predicted octanol–water partition coefficient (Wildman–Crippen LogP) is 3.15. The largest absolute Gasteiger partial charge is 0.325 e. The van der Waals surface area contributed by atoms with Gasteiger partial charge in [0.1, 0.15) is 5.82 Å². The summed E-state index contributed by atoms with van der Waals surface area (Å²) in [7, 11) is 0.